The van der Waals surface area contributed by atoms with Gasteiger partial charge in [-0.2, -0.15) is 4.98 Å². The Bertz CT molecular complexity index is 788. The van der Waals surface area contributed by atoms with Crippen molar-refractivity contribution in [1.82, 2.24) is 15.5 Å². The van der Waals surface area contributed by atoms with E-state index in [2.05, 4.69) is 15.5 Å². The Balaban J connectivity index is 1.76. The number of nitrogens with zero attached hydrogens (tertiary/aromatic N) is 2. The summed E-state index contributed by atoms with van der Waals surface area (Å²) in [6.45, 7) is 0.600. The second kappa shape index (κ2) is 5.84. The van der Waals surface area contributed by atoms with Gasteiger partial charge in [-0.05, 0) is 43.4 Å². The number of rotatable bonds is 3. The molecule has 1 aromatic carbocycles. The SMILES string of the molecule is O=C1NCCC1(c1nc(-c2ccc(Cl)cc2F)no1)C1CCCC1. The highest BCUT2D eigenvalue weighted by Crippen LogP contribution is 2.46. The van der Waals surface area contributed by atoms with E-state index in [1.807, 2.05) is 0 Å². The Morgan fingerprint density at radius 3 is 2.79 bits per heavy atom. The number of aromatic nitrogens is 2. The summed E-state index contributed by atoms with van der Waals surface area (Å²) >= 11 is 5.78. The number of carbonyl (C=O) groups excluding carboxylic acids is 1. The fourth-order valence-corrected chi connectivity index (χ4v) is 4.17. The van der Waals surface area contributed by atoms with Gasteiger partial charge in [-0.25, -0.2) is 4.39 Å². The fraction of sp³-hybridized carbons (Fsp3) is 0.471. The Hall–Kier alpha value is -1.95. The zero-order valence-corrected chi connectivity index (χ0v) is 13.8. The lowest BCUT2D eigenvalue weighted by Gasteiger charge is -2.28. The highest BCUT2D eigenvalue weighted by Gasteiger charge is 2.54. The van der Waals surface area contributed by atoms with Crippen molar-refractivity contribution in [3.63, 3.8) is 0 Å². The topological polar surface area (TPSA) is 68.0 Å². The first-order valence-corrected chi connectivity index (χ1v) is 8.57. The van der Waals surface area contributed by atoms with E-state index in [4.69, 9.17) is 16.1 Å². The maximum Gasteiger partial charge on any atom is 0.243 e. The van der Waals surface area contributed by atoms with Crippen LogP contribution in [0.1, 0.15) is 38.0 Å². The number of benzene rings is 1. The van der Waals surface area contributed by atoms with Gasteiger partial charge in [-0.15, -0.1) is 0 Å². The van der Waals surface area contributed by atoms with Crippen molar-refractivity contribution in [3.05, 3.63) is 34.9 Å². The Kier molecular flexibility index (Phi) is 3.79. The van der Waals surface area contributed by atoms with Crippen molar-refractivity contribution >= 4 is 17.5 Å². The molecule has 1 saturated carbocycles. The van der Waals surface area contributed by atoms with E-state index in [1.165, 1.54) is 12.1 Å². The minimum atomic E-state index is -0.773. The van der Waals surface area contributed by atoms with Crippen LogP contribution in [0.25, 0.3) is 11.4 Å². The Labute approximate surface area is 143 Å². The average Bonchev–Trinajstić information content (AvgIpc) is 3.27. The van der Waals surface area contributed by atoms with Crippen molar-refractivity contribution in [2.24, 2.45) is 5.92 Å². The second-order valence-corrected chi connectivity index (χ2v) is 6.94. The summed E-state index contributed by atoms with van der Waals surface area (Å²) in [6.07, 6.45) is 4.79. The molecule has 2 fully saturated rings. The third-order valence-corrected chi connectivity index (χ3v) is 5.48. The summed E-state index contributed by atoms with van der Waals surface area (Å²) in [5.74, 6) is 0.0789. The minimum Gasteiger partial charge on any atom is -0.355 e. The summed E-state index contributed by atoms with van der Waals surface area (Å²) in [5, 5.41) is 7.12. The van der Waals surface area contributed by atoms with Crippen LogP contribution in [-0.2, 0) is 10.2 Å². The molecule has 1 N–H and O–H groups in total. The van der Waals surface area contributed by atoms with Crippen molar-refractivity contribution < 1.29 is 13.7 Å². The molecule has 2 aromatic rings. The Morgan fingerprint density at radius 1 is 1.33 bits per heavy atom. The molecule has 1 aliphatic heterocycles. The van der Waals surface area contributed by atoms with Crippen LogP contribution < -0.4 is 5.32 Å². The van der Waals surface area contributed by atoms with Gasteiger partial charge in [0.25, 0.3) is 0 Å². The number of nitrogens with one attached hydrogen (secondary N) is 1. The molecule has 1 saturated heterocycles. The second-order valence-electron chi connectivity index (χ2n) is 6.51. The quantitative estimate of drug-likeness (QED) is 0.921. The molecular weight excluding hydrogens is 333 g/mol. The molecule has 1 unspecified atom stereocenters. The van der Waals surface area contributed by atoms with E-state index in [0.717, 1.165) is 25.7 Å². The van der Waals surface area contributed by atoms with Crippen molar-refractivity contribution in [3.8, 4) is 11.4 Å². The van der Waals surface area contributed by atoms with Gasteiger partial charge in [-0.1, -0.05) is 29.6 Å². The summed E-state index contributed by atoms with van der Waals surface area (Å²) in [4.78, 5) is 17.0. The Morgan fingerprint density at radius 2 is 2.12 bits per heavy atom. The average molecular weight is 350 g/mol. The minimum absolute atomic E-state index is 0.0545. The molecule has 126 valence electrons. The largest absolute Gasteiger partial charge is 0.355 e. The smallest absolute Gasteiger partial charge is 0.243 e. The molecule has 0 bridgehead atoms. The number of carbonyl (C=O) groups is 1. The standard InChI is InChI=1S/C17H17ClFN3O2/c18-11-5-6-12(13(19)9-11)14-21-16(24-22-14)17(7-8-20-15(17)23)10-3-1-2-4-10/h5-6,9-10H,1-4,7-8H2,(H,20,23). The first-order valence-electron chi connectivity index (χ1n) is 8.19. The van der Waals surface area contributed by atoms with Gasteiger partial charge in [0.2, 0.25) is 17.6 Å². The number of hydrogen-bond donors (Lipinski definition) is 1. The van der Waals surface area contributed by atoms with Gasteiger partial charge in [0, 0.05) is 11.6 Å². The zero-order chi connectivity index (χ0) is 16.7. The summed E-state index contributed by atoms with van der Waals surface area (Å²) < 4.78 is 19.6. The van der Waals surface area contributed by atoms with Gasteiger partial charge in [0.05, 0.1) is 5.56 Å². The number of halogens is 2. The molecular formula is C17H17ClFN3O2. The van der Waals surface area contributed by atoms with E-state index in [-0.39, 0.29) is 23.2 Å². The van der Waals surface area contributed by atoms with Crippen LogP contribution in [0.4, 0.5) is 4.39 Å². The molecule has 7 heteroatoms. The van der Waals surface area contributed by atoms with E-state index in [9.17, 15) is 9.18 Å². The van der Waals surface area contributed by atoms with Gasteiger partial charge in [0.1, 0.15) is 11.2 Å². The van der Waals surface area contributed by atoms with Crippen molar-refractivity contribution in [2.75, 3.05) is 6.54 Å². The summed E-state index contributed by atoms with van der Waals surface area (Å²) in [5.41, 5.74) is -0.556. The van der Waals surface area contributed by atoms with Crippen LogP contribution in [0.15, 0.2) is 22.7 Å². The third kappa shape index (κ3) is 2.32. The normalized spacial score (nSPS) is 24.5. The molecule has 1 aliphatic carbocycles. The van der Waals surface area contributed by atoms with Crippen LogP contribution >= 0.6 is 11.6 Å². The summed E-state index contributed by atoms with van der Waals surface area (Å²) in [6, 6.07) is 4.30. The van der Waals surface area contributed by atoms with E-state index < -0.39 is 11.2 Å². The highest BCUT2D eigenvalue weighted by molar-refractivity contribution is 6.30. The van der Waals surface area contributed by atoms with E-state index >= 15 is 0 Å². The molecule has 1 amide bonds. The van der Waals surface area contributed by atoms with Crippen LogP contribution in [0.2, 0.25) is 5.02 Å². The molecule has 4 rings (SSSR count). The zero-order valence-electron chi connectivity index (χ0n) is 13.0. The lowest BCUT2D eigenvalue weighted by atomic mass is 9.72. The number of hydrogen-bond acceptors (Lipinski definition) is 4. The van der Waals surface area contributed by atoms with E-state index in [0.29, 0.717) is 23.9 Å². The maximum absolute atomic E-state index is 14.1. The van der Waals surface area contributed by atoms with E-state index in [1.54, 1.807) is 6.07 Å². The first kappa shape index (κ1) is 15.6. The lowest BCUT2D eigenvalue weighted by molar-refractivity contribution is -0.126. The predicted molar refractivity (Wildman–Crippen MR) is 86.0 cm³/mol. The number of amides is 1. The van der Waals surface area contributed by atoms with Crippen molar-refractivity contribution in [2.45, 2.75) is 37.5 Å². The first-order chi connectivity index (χ1) is 11.6. The molecule has 2 aliphatic rings. The van der Waals surface area contributed by atoms with Gasteiger partial charge < -0.3 is 9.84 Å². The van der Waals surface area contributed by atoms with Crippen molar-refractivity contribution in [1.29, 1.82) is 0 Å². The molecule has 1 atom stereocenters. The van der Waals surface area contributed by atoms with Gasteiger partial charge in [0.15, 0.2) is 0 Å². The van der Waals surface area contributed by atoms with Crippen LogP contribution in [-0.4, -0.2) is 22.6 Å². The fourth-order valence-electron chi connectivity index (χ4n) is 4.02. The summed E-state index contributed by atoms with van der Waals surface area (Å²) in [7, 11) is 0. The third-order valence-electron chi connectivity index (χ3n) is 5.24. The monoisotopic (exact) mass is 349 g/mol. The molecule has 1 aromatic heterocycles. The van der Waals surface area contributed by atoms with Crippen LogP contribution in [0, 0.1) is 11.7 Å². The van der Waals surface area contributed by atoms with Crippen LogP contribution in [0.3, 0.4) is 0 Å². The van der Waals surface area contributed by atoms with Gasteiger partial charge in [-0.3, -0.25) is 4.79 Å². The van der Waals surface area contributed by atoms with Crippen LogP contribution in [0.5, 0.6) is 0 Å². The van der Waals surface area contributed by atoms with Gasteiger partial charge >= 0.3 is 0 Å². The molecule has 24 heavy (non-hydrogen) atoms. The highest BCUT2D eigenvalue weighted by atomic mass is 35.5. The molecule has 0 spiro atoms. The predicted octanol–water partition coefficient (Wildman–Crippen LogP) is 3.48. The molecule has 5 nitrogen and oxygen atoms in total. The lowest BCUT2D eigenvalue weighted by Crippen LogP contribution is -2.41. The maximum atomic E-state index is 14.1. The molecule has 2 heterocycles. The molecule has 0 radical (unpaired) electrons.